The van der Waals surface area contributed by atoms with E-state index >= 15 is 0 Å². The van der Waals surface area contributed by atoms with Crippen molar-refractivity contribution in [1.29, 1.82) is 0 Å². The molecule has 1 aliphatic heterocycles. The van der Waals surface area contributed by atoms with Gasteiger partial charge in [-0.05, 0) is 53.7 Å². The molecule has 0 spiro atoms. The molecular formula is C13H19BrN2O2S. The van der Waals surface area contributed by atoms with Gasteiger partial charge in [-0.2, -0.15) is 0 Å². The second-order valence-electron chi connectivity index (χ2n) is 5.72. The predicted molar refractivity (Wildman–Crippen MR) is 80.5 cm³/mol. The van der Waals surface area contributed by atoms with Crippen LogP contribution < -0.4 is 5.32 Å². The topological polar surface area (TPSA) is 41.6 Å². The molecule has 19 heavy (non-hydrogen) atoms. The number of thiophene rings is 1. The number of likely N-dealkylation sites (tertiary alicyclic amines) is 1. The summed E-state index contributed by atoms with van der Waals surface area (Å²) >= 11 is 5.13. The third kappa shape index (κ3) is 4.47. The molecule has 1 N–H and O–H groups in total. The summed E-state index contributed by atoms with van der Waals surface area (Å²) in [5, 5.41) is 5.56. The summed E-state index contributed by atoms with van der Waals surface area (Å²) in [5.41, 5.74) is 0.853. The van der Waals surface area contributed by atoms with Crippen molar-refractivity contribution in [2.45, 2.75) is 39.0 Å². The zero-order valence-corrected chi connectivity index (χ0v) is 13.8. The van der Waals surface area contributed by atoms with Crippen LogP contribution in [0.2, 0.25) is 0 Å². The molecule has 2 rings (SSSR count). The van der Waals surface area contributed by atoms with E-state index in [0.29, 0.717) is 6.04 Å². The lowest BCUT2D eigenvalue weighted by molar-refractivity contribution is 0.00519. The van der Waals surface area contributed by atoms with E-state index in [4.69, 9.17) is 4.74 Å². The molecule has 0 radical (unpaired) electrons. The molecule has 1 saturated heterocycles. The Labute approximate surface area is 126 Å². The molecule has 0 saturated carbocycles. The summed E-state index contributed by atoms with van der Waals surface area (Å²) in [6, 6.07) is 2.48. The minimum atomic E-state index is -0.418. The van der Waals surface area contributed by atoms with E-state index in [0.717, 1.165) is 23.4 Å². The monoisotopic (exact) mass is 346 g/mol. The fraction of sp³-hybridized carbons (Fsp3) is 0.615. The van der Waals surface area contributed by atoms with Crippen molar-refractivity contribution in [2.75, 3.05) is 13.1 Å². The summed E-state index contributed by atoms with van der Waals surface area (Å²) in [6.45, 7) is 7.94. The van der Waals surface area contributed by atoms with Gasteiger partial charge in [0.15, 0.2) is 0 Å². The Morgan fingerprint density at radius 2 is 2.26 bits per heavy atom. The lowest BCUT2D eigenvalue weighted by Crippen LogP contribution is -2.60. The molecule has 6 heteroatoms. The SMILES string of the molecule is CC(C)(C)OC(=O)N1CC(NCc2csc(Br)c2)C1. The molecule has 1 amide bonds. The van der Waals surface area contributed by atoms with Crippen molar-refractivity contribution >= 4 is 33.4 Å². The second-order valence-corrected chi connectivity index (χ2v) is 8.01. The van der Waals surface area contributed by atoms with Crippen LogP contribution >= 0.6 is 27.3 Å². The van der Waals surface area contributed by atoms with Crippen LogP contribution in [0.15, 0.2) is 15.2 Å². The molecule has 0 unspecified atom stereocenters. The molecule has 0 atom stereocenters. The third-order valence-electron chi connectivity index (χ3n) is 2.75. The van der Waals surface area contributed by atoms with Crippen LogP contribution in [0.3, 0.4) is 0 Å². The average Bonchev–Trinajstić information content (AvgIpc) is 2.59. The number of carbonyl (C=O) groups is 1. The maximum Gasteiger partial charge on any atom is 0.410 e. The van der Waals surface area contributed by atoms with Gasteiger partial charge in [0.25, 0.3) is 0 Å². The number of nitrogens with one attached hydrogen (secondary N) is 1. The van der Waals surface area contributed by atoms with E-state index in [1.54, 1.807) is 16.2 Å². The van der Waals surface area contributed by atoms with Crippen molar-refractivity contribution in [3.63, 3.8) is 0 Å². The highest BCUT2D eigenvalue weighted by atomic mass is 79.9. The first-order chi connectivity index (χ1) is 8.83. The highest BCUT2D eigenvalue weighted by Crippen LogP contribution is 2.21. The van der Waals surface area contributed by atoms with Gasteiger partial charge in [-0.3, -0.25) is 0 Å². The molecule has 1 aromatic heterocycles. The van der Waals surface area contributed by atoms with Gasteiger partial charge in [0.05, 0.1) is 3.79 Å². The maximum atomic E-state index is 11.7. The highest BCUT2D eigenvalue weighted by Gasteiger charge is 2.33. The Bertz CT molecular complexity index is 450. The number of carbonyl (C=O) groups excluding carboxylic acids is 1. The van der Waals surface area contributed by atoms with Gasteiger partial charge in [0, 0.05) is 25.7 Å². The first kappa shape index (κ1) is 14.8. The summed E-state index contributed by atoms with van der Waals surface area (Å²) in [6.07, 6.45) is -0.219. The second kappa shape index (κ2) is 5.81. The molecule has 1 aliphatic rings. The van der Waals surface area contributed by atoms with Gasteiger partial charge in [-0.25, -0.2) is 4.79 Å². The Morgan fingerprint density at radius 1 is 1.58 bits per heavy atom. The third-order valence-corrected chi connectivity index (χ3v) is 4.30. The van der Waals surface area contributed by atoms with Gasteiger partial charge in [-0.15, -0.1) is 11.3 Å². The fourth-order valence-corrected chi connectivity index (χ4v) is 2.99. The smallest absolute Gasteiger partial charge is 0.410 e. The van der Waals surface area contributed by atoms with Gasteiger partial charge < -0.3 is 15.0 Å². The number of hydrogen-bond acceptors (Lipinski definition) is 4. The molecular weight excluding hydrogens is 328 g/mol. The highest BCUT2D eigenvalue weighted by molar-refractivity contribution is 9.11. The van der Waals surface area contributed by atoms with Gasteiger partial charge in [0.1, 0.15) is 5.60 Å². The van der Waals surface area contributed by atoms with Gasteiger partial charge in [-0.1, -0.05) is 0 Å². The van der Waals surface area contributed by atoms with E-state index in [1.807, 2.05) is 20.8 Å². The molecule has 106 valence electrons. The molecule has 1 aromatic rings. The largest absolute Gasteiger partial charge is 0.444 e. The molecule has 0 aliphatic carbocycles. The van der Waals surface area contributed by atoms with Crippen LogP contribution in [0, 0.1) is 0 Å². The molecule has 0 aromatic carbocycles. The van der Waals surface area contributed by atoms with Gasteiger partial charge >= 0.3 is 6.09 Å². The summed E-state index contributed by atoms with van der Waals surface area (Å²) < 4.78 is 6.46. The van der Waals surface area contributed by atoms with Crippen LogP contribution in [-0.4, -0.2) is 35.7 Å². The van der Waals surface area contributed by atoms with Crippen LogP contribution in [0.1, 0.15) is 26.3 Å². The fourth-order valence-electron chi connectivity index (χ4n) is 1.78. The van der Waals surface area contributed by atoms with Gasteiger partial charge in [0.2, 0.25) is 0 Å². The Morgan fingerprint density at radius 3 is 2.79 bits per heavy atom. The van der Waals surface area contributed by atoms with E-state index in [-0.39, 0.29) is 6.09 Å². The molecule has 4 nitrogen and oxygen atoms in total. The number of hydrogen-bond donors (Lipinski definition) is 1. The minimum absolute atomic E-state index is 0.219. The van der Waals surface area contributed by atoms with Crippen LogP contribution in [-0.2, 0) is 11.3 Å². The number of ether oxygens (including phenoxy) is 1. The number of rotatable bonds is 3. The zero-order valence-electron chi connectivity index (χ0n) is 11.4. The first-order valence-electron chi connectivity index (χ1n) is 6.28. The Balaban J connectivity index is 1.67. The van der Waals surface area contributed by atoms with E-state index < -0.39 is 5.60 Å². The first-order valence-corrected chi connectivity index (χ1v) is 7.95. The van der Waals surface area contributed by atoms with E-state index in [9.17, 15) is 4.79 Å². The molecule has 0 bridgehead atoms. The maximum absolute atomic E-state index is 11.7. The number of amides is 1. The van der Waals surface area contributed by atoms with Crippen molar-refractivity contribution < 1.29 is 9.53 Å². The van der Waals surface area contributed by atoms with Crippen molar-refractivity contribution in [1.82, 2.24) is 10.2 Å². The van der Waals surface area contributed by atoms with Crippen LogP contribution in [0.25, 0.3) is 0 Å². The molecule has 1 fully saturated rings. The van der Waals surface area contributed by atoms with Crippen molar-refractivity contribution in [3.8, 4) is 0 Å². The van der Waals surface area contributed by atoms with E-state index in [2.05, 4.69) is 32.7 Å². The van der Waals surface area contributed by atoms with Crippen molar-refractivity contribution in [2.24, 2.45) is 0 Å². The van der Waals surface area contributed by atoms with Crippen LogP contribution in [0.5, 0.6) is 0 Å². The lowest BCUT2D eigenvalue weighted by atomic mass is 10.1. The lowest BCUT2D eigenvalue weighted by Gasteiger charge is -2.40. The minimum Gasteiger partial charge on any atom is -0.444 e. The quantitative estimate of drug-likeness (QED) is 0.913. The Kier molecular flexibility index (Phi) is 4.53. The summed E-state index contributed by atoms with van der Waals surface area (Å²) in [7, 11) is 0. The average molecular weight is 347 g/mol. The van der Waals surface area contributed by atoms with Crippen molar-refractivity contribution in [3.05, 3.63) is 20.8 Å². The summed E-state index contributed by atoms with van der Waals surface area (Å²) in [5.74, 6) is 0. The predicted octanol–water partition coefficient (Wildman–Crippen LogP) is 3.22. The number of halogens is 1. The normalized spacial score (nSPS) is 16.3. The Hall–Kier alpha value is -0.590. The summed E-state index contributed by atoms with van der Waals surface area (Å²) in [4.78, 5) is 13.5. The standard InChI is InChI=1S/C13H19BrN2O2S/c1-13(2,3)18-12(17)16-6-10(7-16)15-5-9-4-11(14)19-8-9/h4,8,10,15H,5-7H2,1-3H3. The van der Waals surface area contributed by atoms with E-state index in [1.165, 1.54) is 5.56 Å². The number of nitrogens with zero attached hydrogens (tertiary/aromatic N) is 1. The molecule has 2 heterocycles. The zero-order chi connectivity index (χ0) is 14.0. The van der Waals surface area contributed by atoms with Crippen LogP contribution in [0.4, 0.5) is 4.79 Å².